The first-order chi connectivity index (χ1) is 25.1. The highest BCUT2D eigenvalue weighted by atomic mass is 28.4. The normalized spacial score (nSPS) is 35.1. The average molecular weight is 801 g/mol. The van der Waals surface area contributed by atoms with Crippen LogP contribution in [0.3, 0.4) is 0 Å². The molecule has 2 heterocycles. The van der Waals surface area contributed by atoms with Gasteiger partial charge in [0.2, 0.25) is 0 Å². The zero-order chi connectivity index (χ0) is 42.2. The van der Waals surface area contributed by atoms with Gasteiger partial charge in [0.1, 0.15) is 6.10 Å². The van der Waals surface area contributed by atoms with Crippen molar-refractivity contribution in [1.82, 2.24) is 0 Å². The van der Waals surface area contributed by atoms with Gasteiger partial charge in [-0.25, -0.2) is 4.79 Å². The lowest BCUT2D eigenvalue weighted by Gasteiger charge is -2.44. The summed E-state index contributed by atoms with van der Waals surface area (Å²) in [5.74, 6) is -0.0215. The van der Waals surface area contributed by atoms with Gasteiger partial charge >= 0.3 is 5.97 Å². The number of fused-ring (bicyclic) bond motifs is 2. The minimum atomic E-state index is -2.16. The lowest BCUT2D eigenvalue weighted by atomic mass is 9.82. The fourth-order valence-corrected chi connectivity index (χ4v) is 10.4. The highest BCUT2D eigenvalue weighted by Crippen LogP contribution is 2.42. The summed E-state index contributed by atoms with van der Waals surface area (Å²) < 4.78 is 33.9. The number of ether oxygens (including phenoxy) is 3. The number of hydrogen-bond acceptors (Lipinski definition) is 6. The molecule has 0 aromatic carbocycles. The van der Waals surface area contributed by atoms with E-state index in [-0.39, 0.29) is 70.2 Å². The second-order valence-electron chi connectivity index (χ2n) is 20.7. The monoisotopic (exact) mass is 801 g/mol. The number of hydrogen-bond donors (Lipinski definition) is 0. The van der Waals surface area contributed by atoms with Crippen LogP contribution in [-0.4, -0.2) is 58.9 Å². The van der Waals surface area contributed by atoms with Crippen LogP contribution in [0.2, 0.25) is 36.3 Å². The lowest BCUT2D eigenvalue weighted by Crippen LogP contribution is -2.48. The van der Waals surface area contributed by atoms with Crippen molar-refractivity contribution in [2.75, 3.05) is 0 Å². The van der Waals surface area contributed by atoms with Crippen LogP contribution in [0.4, 0.5) is 0 Å². The number of cyclic esters (lactones) is 1. The minimum Gasteiger partial charge on any atom is -0.458 e. The van der Waals surface area contributed by atoms with Crippen LogP contribution in [0.1, 0.15) is 123 Å². The van der Waals surface area contributed by atoms with E-state index in [0.29, 0.717) is 11.8 Å². The fourth-order valence-electron chi connectivity index (χ4n) is 7.45. The van der Waals surface area contributed by atoms with Crippen molar-refractivity contribution >= 4 is 22.6 Å². The van der Waals surface area contributed by atoms with Gasteiger partial charge in [-0.3, -0.25) is 0 Å². The first-order valence-electron chi connectivity index (χ1n) is 21.3. The summed E-state index contributed by atoms with van der Waals surface area (Å²) in [4.78, 5) is 13.5. The van der Waals surface area contributed by atoms with Gasteiger partial charge in [-0.05, 0) is 87.1 Å². The van der Waals surface area contributed by atoms with Crippen molar-refractivity contribution in [2.24, 2.45) is 35.5 Å². The Hall–Kier alpha value is -1.56. The predicted octanol–water partition coefficient (Wildman–Crippen LogP) is 13.0. The van der Waals surface area contributed by atoms with E-state index in [1.54, 1.807) is 12.2 Å². The summed E-state index contributed by atoms with van der Waals surface area (Å²) in [7, 11) is -4.24. The fraction of sp³-hybridized carbons (Fsp3) is 0.766. The summed E-state index contributed by atoms with van der Waals surface area (Å²) in [6.45, 7) is 44.7. The van der Waals surface area contributed by atoms with Crippen LogP contribution >= 0.6 is 0 Å². The smallest absolute Gasteiger partial charge is 0.331 e. The molecule has 11 atom stereocenters. The van der Waals surface area contributed by atoms with Crippen molar-refractivity contribution in [1.29, 1.82) is 0 Å². The molecule has 0 aliphatic carbocycles. The highest BCUT2D eigenvalue weighted by molar-refractivity contribution is 6.74. The molecular formula is C47H84O6Si2. The van der Waals surface area contributed by atoms with Gasteiger partial charge in [-0.2, -0.15) is 0 Å². The Morgan fingerprint density at radius 3 is 2.02 bits per heavy atom. The highest BCUT2D eigenvalue weighted by Gasteiger charge is 2.44. The van der Waals surface area contributed by atoms with Crippen LogP contribution < -0.4 is 0 Å². The van der Waals surface area contributed by atoms with Crippen LogP contribution in [-0.2, 0) is 27.9 Å². The molecule has 2 aliphatic rings. The molecule has 2 bridgehead atoms. The number of carbonyl (C=O) groups excluding carboxylic acids is 1. The Balaban J connectivity index is 2.66. The average Bonchev–Trinajstić information content (AvgIpc) is 3.05. The Morgan fingerprint density at radius 2 is 1.44 bits per heavy atom. The summed E-state index contributed by atoms with van der Waals surface area (Å²) >= 11 is 0. The SMILES string of the molecule is C=C/C=C\[C@H](C)[C@@H]1OC(=O)/C=C\C=C\[C@@H](C)[C@@H]2C[C@@H](/C=C\[C@H](C)[C@H](O[Si](C)(C)C(C)(C)C)[C@@H](C)C[C@@H](C)CC[C@@H](O[Si](C)(C)C(C)(C)C)[C@@H]1C)OC(C)(C)O2. The van der Waals surface area contributed by atoms with Crippen LogP contribution in [0.5, 0.6) is 0 Å². The van der Waals surface area contributed by atoms with E-state index < -0.39 is 22.4 Å². The van der Waals surface area contributed by atoms with Crippen molar-refractivity contribution in [2.45, 2.75) is 195 Å². The van der Waals surface area contributed by atoms with E-state index in [4.69, 9.17) is 23.1 Å². The molecular weight excluding hydrogens is 717 g/mol. The second kappa shape index (κ2) is 20.4. The van der Waals surface area contributed by atoms with Gasteiger partial charge in [0.15, 0.2) is 22.4 Å². The molecule has 1 saturated heterocycles. The molecule has 0 unspecified atom stereocenters. The molecule has 0 aromatic heterocycles. The molecule has 0 N–H and O–H groups in total. The van der Waals surface area contributed by atoms with Crippen LogP contribution in [0.25, 0.3) is 0 Å². The van der Waals surface area contributed by atoms with Crippen molar-refractivity contribution in [3.63, 3.8) is 0 Å². The van der Waals surface area contributed by atoms with Crippen molar-refractivity contribution in [3.8, 4) is 0 Å². The van der Waals surface area contributed by atoms with E-state index in [1.807, 2.05) is 26.0 Å². The summed E-state index contributed by atoms with van der Waals surface area (Å²) in [5.41, 5.74) is 0. The molecule has 2 rings (SSSR count). The quantitative estimate of drug-likeness (QED) is 0.111. The minimum absolute atomic E-state index is 0.0285. The Morgan fingerprint density at radius 1 is 0.836 bits per heavy atom. The van der Waals surface area contributed by atoms with Gasteiger partial charge < -0.3 is 23.1 Å². The molecule has 0 amide bonds. The molecule has 0 aromatic rings. The zero-order valence-electron chi connectivity index (χ0n) is 38.5. The molecule has 6 nitrogen and oxygen atoms in total. The number of allylic oxidation sites excluding steroid dienone is 4. The standard InChI is InChI=1S/C47H84O6Si2/c1-20-21-24-35(4)44-38(7)40(52-54(16,17)45(8,9)10)30-27-33(2)31-37(6)43(53-55(18,19)46(11,12)13)36(5)28-29-39-32-41(51-47(14,15)50-39)34(3)25-22-23-26-42(48)49-44/h20-26,28-29,33-41,43-44H,1,27,30-32H2,2-19H3/b24-21-,25-22+,26-23-,29-28-/t33-,34+,35-,36-,37-,38-,39+,40+,41-,43-,44-/m0/s1. The molecule has 1 fully saturated rings. The molecule has 0 spiro atoms. The molecule has 8 heteroatoms. The zero-order valence-corrected chi connectivity index (χ0v) is 40.5. The summed E-state index contributed by atoms with van der Waals surface area (Å²) in [6.07, 6.45) is 21.0. The third kappa shape index (κ3) is 15.3. The maximum absolute atomic E-state index is 13.5. The van der Waals surface area contributed by atoms with Gasteiger partial charge in [0.05, 0.1) is 24.4 Å². The van der Waals surface area contributed by atoms with Crippen molar-refractivity contribution < 1.29 is 27.9 Å². The third-order valence-electron chi connectivity index (χ3n) is 13.0. The summed E-state index contributed by atoms with van der Waals surface area (Å²) in [6, 6.07) is 0. The van der Waals surface area contributed by atoms with E-state index >= 15 is 0 Å². The first kappa shape index (κ1) is 49.6. The van der Waals surface area contributed by atoms with Gasteiger partial charge in [0, 0.05) is 30.3 Å². The van der Waals surface area contributed by atoms with E-state index in [9.17, 15) is 4.79 Å². The largest absolute Gasteiger partial charge is 0.458 e. The Bertz CT molecular complexity index is 1330. The molecule has 55 heavy (non-hydrogen) atoms. The molecule has 316 valence electrons. The molecule has 0 saturated carbocycles. The predicted molar refractivity (Wildman–Crippen MR) is 238 cm³/mol. The van der Waals surface area contributed by atoms with Gasteiger partial charge in [-0.1, -0.05) is 138 Å². The van der Waals surface area contributed by atoms with E-state index in [1.165, 1.54) is 6.08 Å². The maximum atomic E-state index is 13.5. The molecule has 2 aliphatic heterocycles. The maximum Gasteiger partial charge on any atom is 0.331 e. The Labute approximate surface area is 341 Å². The Kier molecular flexibility index (Phi) is 18.4. The van der Waals surface area contributed by atoms with Crippen molar-refractivity contribution in [3.05, 3.63) is 61.3 Å². The third-order valence-corrected chi connectivity index (χ3v) is 22.0. The number of rotatable bonds is 7. The van der Waals surface area contributed by atoms with Crippen LogP contribution in [0, 0.1) is 35.5 Å². The van der Waals surface area contributed by atoms with Gasteiger partial charge in [0.25, 0.3) is 0 Å². The van der Waals surface area contributed by atoms with Gasteiger partial charge in [-0.15, -0.1) is 0 Å². The summed E-state index contributed by atoms with van der Waals surface area (Å²) in [5, 5.41) is 0.146. The number of esters is 1. The van der Waals surface area contributed by atoms with E-state index in [2.05, 4.69) is 140 Å². The lowest BCUT2D eigenvalue weighted by molar-refractivity contribution is -0.295. The number of carbonyl (C=O) groups is 1. The van der Waals surface area contributed by atoms with E-state index in [0.717, 1.165) is 25.7 Å². The van der Waals surface area contributed by atoms with Crippen LogP contribution in [0.15, 0.2) is 61.3 Å². The second-order valence-corrected chi connectivity index (χ2v) is 30.2. The first-order valence-corrected chi connectivity index (χ1v) is 27.2. The molecule has 0 radical (unpaired) electrons. The topological polar surface area (TPSA) is 63.2 Å².